The Labute approximate surface area is 117 Å². The Morgan fingerprint density at radius 2 is 2.05 bits per heavy atom. The molecular formula is C15H16N4O. The van der Waals surface area contributed by atoms with Crippen LogP contribution in [0.15, 0.2) is 42.9 Å². The molecule has 1 unspecified atom stereocenters. The minimum atomic E-state index is 0.0699. The molecule has 3 rings (SSSR count). The minimum absolute atomic E-state index is 0.0699. The Hall–Kier alpha value is -2.43. The number of nitrogens with zero attached hydrogens (tertiary/aromatic N) is 3. The summed E-state index contributed by atoms with van der Waals surface area (Å²) >= 11 is 0. The van der Waals surface area contributed by atoms with Gasteiger partial charge >= 0.3 is 0 Å². The molecule has 1 aliphatic rings. The molecule has 5 nitrogen and oxygen atoms in total. The summed E-state index contributed by atoms with van der Waals surface area (Å²) in [5.41, 5.74) is 2.14. The van der Waals surface area contributed by atoms with Crippen molar-refractivity contribution in [2.75, 3.05) is 16.8 Å². The second-order valence-electron chi connectivity index (χ2n) is 4.98. The van der Waals surface area contributed by atoms with Crippen LogP contribution in [0.3, 0.4) is 0 Å². The van der Waals surface area contributed by atoms with Crippen LogP contribution >= 0.6 is 0 Å². The molecule has 0 radical (unpaired) electrons. The summed E-state index contributed by atoms with van der Waals surface area (Å²) < 4.78 is 0. The van der Waals surface area contributed by atoms with Crippen molar-refractivity contribution in [2.45, 2.75) is 19.4 Å². The topological polar surface area (TPSA) is 58.1 Å². The van der Waals surface area contributed by atoms with Gasteiger partial charge in [-0.1, -0.05) is 17.7 Å². The molecule has 1 amide bonds. The second kappa shape index (κ2) is 5.28. The highest BCUT2D eigenvalue weighted by atomic mass is 16.2. The summed E-state index contributed by atoms with van der Waals surface area (Å²) in [6, 6.07) is 8.08. The number of anilines is 2. The number of aryl methyl sites for hydroxylation is 1. The number of hydrogen-bond acceptors (Lipinski definition) is 4. The molecule has 2 aromatic rings. The van der Waals surface area contributed by atoms with E-state index in [9.17, 15) is 4.79 Å². The lowest BCUT2D eigenvalue weighted by molar-refractivity contribution is -0.117. The number of nitrogens with one attached hydrogen (secondary N) is 1. The highest BCUT2D eigenvalue weighted by Gasteiger charge is 2.30. The Morgan fingerprint density at radius 1 is 1.25 bits per heavy atom. The van der Waals surface area contributed by atoms with Crippen molar-refractivity contribution in [3.63, 3.8) is 0 Å². The molecule has 0 bridgehead atoms. The highest BCUT2D eigenvalue weighted by molar-refractivity contribution is 5.96. The van der Waals surface area contributed by atoms with Crippen molar-refractivity contribution in [1.29, 1.82) is 0 Å². The predicted molar refractivity (Wildman–Crippen MR) is 77.6 cm³/mol. The molecular weight excluding hydrogens is 252 g/mol. The molecule has 102 valence electrons. The quantitative estimate of drug-likeness (QED) is 0.925. The first kappa shape index (κ1) is 12.6. The molecule has 5 heteroatoms. The SMILES string of the molecule is Cc1ccc(N2CC(Nc3cnccn3)CC2=O)cc1. The van der Waals surface area contributed by atoms with Gasteiger partial charge in [-0.3, -0.25) is 9.78 Å². The zero-order chi connectivity index (χ0) is 13.9. The molecule has 1 aliphatic heterocycles. The van der Waals surface area contributed by atoms with Crippen LogP contribution in [0.25, 0.3) is 0 Å². The third-order valence-corrected chi connectivity index (χ3v) is 3.39. The lowest BCUT2D eigenvalue weighted by Gasteiger charge is -2.17. The highest BCUT2D eigenvalue weighted by Crippen LogP contribution is 2.23. The number of benzene rings is 1. The normalized spacial score (nSPS) is 18.4. The van der Waals surface area contributed by atoms with E-state index in [1.54, 1.807) is 18.6 Å². The molecule has 1 aromatic carbocycles. The standard InChI is InChI=1S/C15H16N4O/c1-11-2-4-13(5-3-11)19-10-12(8-15(19)20)18-14-9-16-6-7-17-14/h2-7,9,12H,8,10H2,1H3,(H,17,18). The van der Waals surface area contributed by atoms with Crippen molar-refractivity contribution >= 4 is 17.4 Å². The first-order valence-electron chi connectivity index (χ1n) is 6.62. The van der Waals surface area contributed by atoms with Crippen molar-refractivity contribution in [3.05, 3.63) is 48.4 Å². The van der Waals surface area contributed by atoms with Gasteiger partial charge in [-0.25, -0.2) is 4.98 Å². The predicted octanol–water partition coefficient (Wildman–Crippen LogP) is 2.00. The molecule has 1 atom stereocenters. The Morgan fingerprint density at radius 3 is 2.75 bits per heavy atom. The molecule has 1 aromatic heterocycles. The van der Waals surface area contributed by atoms with E-state index >= 15 is 0 Å². The number of aromatic nitrogens is 2. The third kappa shape index (κ3) is 2.61. The number of carbonyl (C=O) groups is 1. The van der Waals surface area contributed by atoms with E-state index < -0.39 is 0 Å². The van der Waals surface area contributed by atoms with E-state index in [0.717, 1.165) is 5.69 Å². The number of amides is 1. The lowest BCUT2D eigenvalue weighted by atomic mass is 10.2. The molecule has 1 saturated heterocycles. The summed E-state index contributed by atoms with van der Waals surface area (Å²) in [5, 5.41) is 3.25. The van der Waals surface area contributed by atoms with E-state index in [0.29, 0.717) is 18.8 Å². The fourth-order valence-corrected chi connectivity index (χ4v) is 2.36. The summed E-state index contributed by atoms with van der Waals surface area (Å²) in [7, 11) is 0. The first-order valence-corrected chi connectivity index (χ1v) is 6.62. The Bertz CT molecular complexity index is 597. The molecule has 0 spiro atoms. The zero-order valence-corrected chi connectivity index (χ0v) is 11.3. The van der Waals surface area contributed by atoms with Gasteiger partial charge in [-0.2, -0.15) is 0 Å². The molecule has 0 aliphatic carbocycles. The van der Waals surface area contributed by atoms with E-state index in [1.165, 1.54) is 5.56 Å². The van der Waals surface area contributed by atoms with Crippen LogP contribution in [0.5, 0.6) is 0 Å². The van der Waals surface area contributed by atoms with Crippen LogP contribution in [0.2, 0.25) is 0 Å². The summed E-state index contributed by atoms with van der Waals surface area (Å²) in [6.45, 7) is 2.69. The van der Waals surface area contributed by atoms with Crippen LogP contribution in [-0.4, -0.2) is 28.5 Å². The summed E-state index contributed by atoms with van der Waals surface area (Å²) in [6.07, 6.45) is 5.41. The van der Waals surface area contributed by atoms with Gasteiger partial charge in [0.25, 0.3) is 0 Å². The zero-order valence-electron chi connectivity index (χ0n) is 11.3. The average Bonchev–Trinajstić information content (AvgIpc) is 2.81. The molecule has 1 N–H and O–H groups in total. The minimum Gasteiger partial charge on any atom is -0.364 e. The average molecular weight is 268 g/mol. The van der Waals surface area contributed by atoms with Crippen LogP contribution in [0.1, 0.15) is 12.0 Å². The van der Waals surface area contributed by atoms with Crippen molar-refractivity contribution < 1.29 is 4.79 Å². The molecule has 20 heavy (non-hydrogen) atoms. The fraction of sp³-hybridized carbons (Fsp3) is 0.267. The van der Waals surface area contributed by atoms with Crippen LogP contribution in [0, 0.1) is 6.92 Å². The van der Waals surface area contributed by atoms with E-state index in [-0.39, 0.29) is 11.9 Å². The van der Waals surface area contributed by atoms with E-state index in [1.807, 2.05) is 36.1 Å². The van der Waals surface area contributed by atoms with Gasteiger partial charge in [0, 0.05) is 31.0 Å². The van der Waals surface area contributed by atoms with Crippen molar-refractivity contribution in [1.82, 2.24) is 9.97 Å². The number of carbonyl (C=O) groups excluding carboxylic acids is 1. The van der Waals surface area contributed by atoms with Gasteiger partial charge in [-0.05, 0) is 19.1 Å². The monoisotopic (exact) mass is 268 g/mol. The second-order valence-corrected chi connectivity index (χ2v) is 4.98. The maximum atomic E-state index is 12.1. The summed E-state index contributed by atoms with van der Waals surface area (Å²) in [5.74, 6) is 0.839. The van der Waals surface area contributed by atoms with Gasteiger partial charge < -0.3 is 10.2 Å². The van der Waals surface area contributed by atoms with Crippen LogP contribution in [0.4, 0.5) is 11.5 Å². The fourth-order valence-electron chi connectivity index (χ4n) is 2.36. The van der Waals surface area contributed by atoms with Crippen LogP contribution in [-0.2, 0) is 4.79 Å². The maximum Gasteiger partial charge on any atom is 0.229 e. The smallest absolute Gasteiger partial charge is 0.229 e. The Balaban J connectivity index is 1.71. The molecule has 0 saturated carbocycles. The van der Waals surface area contributed by atoms with Gasteiger partial charge in [0.15, 0.2) is 0 Å². The van der Waals surface area contributed by atoms with Gasteiger partial charge in [0.2, 0.25) is 5.91 Å². The largest absolute Gasteiger partial charge is 0.364 e. The Kier molecular flexibility index (Phi) is 3.33. The molecule has 2 heterocycles. The van der Waals surface area contributed by atoms with Crippen LogP contribution < -0.4 is 10.2 Å². The molecule has 1 fully saturated rings. The third-order valence-electron chi connectivity index (χ3n) is 3.39. The van der Waals surface area contributed by atoms with E-state index in [4.69, 9.17) is 0 Å². The van der Waals surface area contributed by atoms with Crippen molar-refractivity contribution in [3.8, 4) is 0 Å². The van der Waals surface area contributed by atoms with Crippen molar-refractivity contribution in [2.24, 2.45) is 0 Å². The lowest BCUT2D eigenvalue weighted by Crippen LogP contribution is -2.27. The first-order chi connectivity index (χ1) is 9.72. The number of hydrogen-bond donors (Lipinski definition) is 1. The van der Waals surface area contributed by atoms with Gasteiger partial charge in [-0.15, -0.1) is 0 Å². The van der Waals surface area contributed by atoms with Gasteiger partial charge in [0.1, 0.15) is 5.82 Å². The summed E-state index contributed by atoms with van der Waals surface area (Å²) in [4.78, 5) is 22.1. The van der Waals surface area contributed by atoms with Gasteiger partial charge in [0.05, 0.1) is 12.2 Å². The van der Waals surface area contributed by atoms with E-state index in [2.05, 4.69) is 15.3 Å². The maximum absolute atomic E-state index is 12.1. The number of rotatable bonds is 3.